The SMILES string of the molecule is COC[C@]12C[C@@H](n3ncnc3Br)[C@H](OC[C@](C)(N)C(C)C)C(C)(C)[C@@H]1CC[C@H]1C2=CC[C@@]2(C)[C@H](C(=O)O)[C@@](C)([C@H](C)C(C)C)CC[C@]12C. The van der Waals surface area contributed by atoms with Gasteiger partial charge in [0, 0.05) is 18.1 Å². The van der Waals surface area contributed by atoms with E-state index in [0.717, 1.165) is 38.5 Å². The van der Waals surface area contributed by atoms with Gasteiger partial charge in [0.25, 0.3) is 0 Å². The molecule has 3 fully saturated rings. The zero-order valence-electron chi connectivity index (χ0n) is 31.9. The average Bonchev–Trinajstić information content (AvgIpc) is 3.41. The molecule has 3 saturated carbocycles. The number of allylic oxidation sites excluding steroid dienone is 1. The molecule has 0 bridgehead atoms. The van der Waals surface area contributed by atoms with Crippen LogP contribution in [-0.2, 0) is 14.3 Å². The number of ether oxygens (including phenoxy) is 2. The van der Waals surface area contributed by atoms with E-state index in [1.54, 1.807) is 6.33 Å². The van der Waals surface area contributed by atoms with Crippen LogP contribution in [0, 0.1) is 62.6 Å². The third-order valence-corrected chi connectivity index (χ3v) is 16.2. The smallest absolute Gasteiger partial charge is 0.307 e. The summed E-state index contributed by atoms with van der Waals surface area (Å²) < 4.78 is 16.0. The number of nitrogens with two attached hydrogens (primary N) is 1. The second kappa shape index (κ2) is 12.7. The summed E-state index contributed by atoms with van der Waals surface area (Å²) >= 11 is 3.72. The molecule has 0 aromatic carbocycles. The minimum Gasteiger partial charge on any atom is -0.481 e. The Kier molecular flexibility index (Phi) is 10.1. The lowest BCUT2D eigenvalue weighted by Gasteiger charge is -2.70. The van der Waals surface area contributed by atoms with Crippen LogP contribution in [0.5, 0.6) is 0 Å². The molecule has 1 heterocycles. The van der Waals surface area contributed by atoms with Crippen molar-refractivity contribution in [3.05, 3.63) is 22.7 Å². The average molecular weight is 734 g/mol. The largest absolute Gasteiger partial charge is 0.481 e. The van der Waals surface area contributed by atoms with Crippen LogP contribution in [0.25, 0.3) is 0 Å². The number of aliphatic carboxylic acids is 1. The Morgan fingerprint density at radius 3 is 2.33 bits per heavy atom. The van der Waals surface area contributed by atoms with Crippen molar-refractivity contribution in [1.82, 2.24) is 14.8 Å². The van der Waals surface area contributed by atoms with E-state index in [1.165, 1.54) is 5.57 Å². The molecule has 9 heteroatoms. The Balaban J connectivity index is 1.64. The maximum Gasteiger partial charge on any atom is 0.307 e. The third kappa shape index (κ3) is 5.49. The van der Waals surface area contributed by atoms with E-state index >= 15 is 0 Å². The van der Waals surface area contributed by atoms with Crippen molar-refractivity contribution in [1.29, 1.82) is 0 Å². The fraction of sp³-hybridized carbons (Fsp3) is 0.872. The molecule has 4 aliphatic carbocycles. The number of rotatable bonds is 10. The second-order valence-electron chi connectivity index (χ2n) is 18.7. The summed E-state index contributed by atoms with van der Waals surface area (Å²) in [7, 11) is 1.84. The van der Waals surface area contributed by atoms with Gasteiger partial charge in [-0.05, 0) is 113 Å². The molecule has 0 amide bonds. The van der Waals surface area contributed by atoms with Gasteiger partial charge in [-0.3, -0.25) is 4.79 Å². The molecule has 1 aromatic heterocycles. The van der Waals surface area contributed by atoms with E-state index in [9.17, 15) is 9.90 Å². The predicted molar refractivity (Wildman–Crippen MR) is 194 cm³/mol. The van der Waals surface area contributed by atoms with E-state index < -0.39 is 17.4 Å². The van der Waals surface area contributed by atoms with Crippen molar-refractivity contribution in [2.45, 2.75) is 132 Å². The molecule has 11 atom stereocenters. The summed E-state index contributed by atoms with van der Waals surface area (Å²) in [5, 5.41) is 15.8. The topological polar surface area (TPSA) is 112 Å². The van der Waals surface area contributed by atoms with Crippen LogP contribution in [0.2, 0.25) is 0 Å². The van der Waals surface area contributed by atoms with Crippen molar-refractivity contribution in [3.63, 3.8) is 0 Å². The van der Waals surface area contributed by atoms with Crippen LogP contribution >= 0.6 is 15.9 Å². The second-order valence-corrected chi connectivity index (χ2v) is 19.4. The van der Waals surface area contributed by atoms with Gasteiger partial charge in [-0.25, -0.2) is 9.67 Å². The fourth-order valence-electron chi connectivity index (χ4n) is 11.8. The Bertz CT molecular complexity index is 1390. The molecule has 0 unspecified atom stereocenters. The molecule has 0 saturated heterocycles. The highest BCUT2D eigenvalue weighted by molar-refractivity contribution is 9.10. The van der Waals surface area contributed by atoms with Crippen molar-refractivity contribution < 1.29 is 19.4 Å². The van der Waals surface area contributed by atoms with Gasteiger partial charge in [-0.15, -0.1) is 0 Å². The lowest BCUT2D eigenvalue weighted by molar-refractivity contribution is -0.210. The molecule has 4 aliphatic rings. The van der Waals surface area contributed by atoms with Crippen LogP contribution in [0.1, 0.15) is 121 Å². The van der Waals surface area contributed by atoms with Gasteiger partial charge < -0.3 is 20.3 Å². The minimum atomic E-state index is -0.626. The number of carboxylic acids is 1. The normalized spacial score (nSPS) is 41.2. The molecule has 0 spiro atoms. The highest BCUT2D eigenvalue weighted by Crippen LogP contribution is 2.74. The lowest BCUT2D eigenvalue weighted by atomic mass is 9.34. The van der Waals surface area contributed by atoms with Crippen LogP contribution in [0.3, 0.4) is 0 Å². The van der Waals surface area contributed by atoms with Gasteiger partial charge in [-0.2, -0.15) is 5.10 Å². The van der Waals surface area contributed by atoms with E-state index in [0.29, 0.717) is 35.7 Å². The highest BCUT2D eigenvalue weighted by Gasteiger charge is 2.70. The number of hydrogen-bond acceptors (Lipinski definition) is 6. The maximum absolute atomic E-state index is 13.5. The van der Waals surface area contributed by atoms with Crippen molar-refractivity contribution in [2.75, 3.05) is 20.3 Å². The summed E-state index contributed by atoms with van der Waals surface area (Å²) in [6.07, 6.45) is 9.61. The Labute approximate surface area is 298 Å². The molecule has 0 aliphatic heterocycles. The van der Waals surface area contributed by atoms with Gasteiger partial charge in [-0.1, -0.05) is 80.9 Å². The molecule has 48 heavy (non-hydrogen) atoms. The molecule has 8 nitrogen and oxygen atoms in total. The lowest BCUT2D eigenvalue weighted by Crippen LogP contribution is -2.66. The molecule has 272 valence electrons. The monoisotopic (exact) mass is 732 g/mol. The van der Waals surface area contributed by atoms with E-state index in [2.05, 4.69) is 103 Å². The van der Waals surface area contributed by atoms with Gasteiger partial charge in [0.05, 0.1) is 31.3 Å². The first-order valence-corrected chi connectivity index (χ1v) is 19.3. The van der Waals surface area contributed by atoms with E-state index in [-0.39, 0.29) is 51.1 Å². The molecule has 5 rings (SSSR count). The summed E-state index contributed by atoms with van der Waals surface area (Å²) in [6.45, 7) is 26.0. The minimum absolute atomic E-state index is 0.0969. The zero-order chi connectivity index (χ0) is 35.8. The number of carbonyl (C=O) groups is 1. The number of fused-ring (bicyclic) bond motifs is 5. The summed E-state index contributed by atoms with van der Waals surface area (Å²) in [6, 6.07) is -0.0969. The van der Waals surface area contributed by atoms with Crippen LogP contribution in [0.4, 0.5) is 0 Å². The van der Waals surface area contributed by atoms with Crippen LogP contribution < -0.4 is 5.73 Å². The van der Waals surface area contributed by atoms with Gasteiger partial charge in [0.2, 0.25) is 0 Å². The maximum atomic E-state index is 13.5. The first kappa shape index (κ1) is 38.0. The summed E-state index contributed by atoms with van der Waals surface area (Å²) in [5.74, 6) is 0.540. The quantitative estimate of drug-likeness (QED) is 0.232. The standard InChI is InChI=1S/C39H65BrN4O4/c1-23(2)25(5)35(8)17-18-36(9)26-13-14-29-34(6,7)31(48-20-38(11,41)24(3)4)28(44-33(40)42-22-43-44)19-39(29,21-47-12)27(26)15-16-37(36,10)30(35)32(45)46/h15,22-26,28-31H,13-14,16-21,41H2,1-12H3,(H,45,46)/t25-,26+,28-,29+,30-,31+,35-,36-,37+,38+,39+/m1/s1. The first-order valence-electron chi connectivity index (χ1n) is 18.5. The van der Waals surface area contributed by atoms with E-state index in [1.807, 2.05) is 11.8 Å². The number of aromatic nitrogens is 3. The molecule has 0 radical (unpaired) electrons. The zero-order valence-corrected chi connectivity index (χ0v) is 33.5. The Hall–Kier alpha value is -1.29. The number of halogens is 1. The first-order chi connectivity index (χ1) is 22.2. The van der Waals surface area contributed by atoms with E-state index in [4.69, 9.17) is 20.3 Å². The van der Waals surface area contributed by atoms with Crippen LogP contribution in [0.15, 0.2) is 22.7 Å². The molecule has 1 aromatic rings. The fourth-order valence-corrected chi connectivity index (χ4v) is 12.3. The van der Waals surface area contributed by atoms with Crippen molar-refractivity contribution in [2.24, 2.45) is 68.3 Å². The van der Waals surface area contributed by atoms with Crippen molar-refractivity contribution in [3.8, 4) is 0 Å². The molecular weight excluding hydrogens is 668 g/mol. The number of carboxylic acid groups (broad SMARTS) is 1. The third-order valence-electron chi connectivity index (χ3n) is 15.6. The number of methoxy groups -OCH3 is 1. The molecule has 3 N–H and O–H groups in total. The Morgan fingerprint density at radius 1 is 1.12 bits per heavy atom. The van der Waals surface area contributed by atoms with Gasteiger partial charge >= 0.3 is 5.97 Å². The van der Waals surface area contributed by atoms with Gasteiger partial charge in [0.1, 0.15) is 6.33 Å². The number of nitrogens with zero attached hydrogens (tertiary/aromatic N) is 3. The predicted octanol–water partition coefficient (Wildman–Crippen LogP) is 8.56. The summed E-state index contributed by atoms with van der Waals surface area (Å²) in [5.41, 5.74) is 6.53. The Morgan fingerprint density at radius 2 is 1.79 bits per heavy atom. The highest BCUT2D eigenvalue weighted by atomic mass is 79.9. The van der Waals surface area contributed by atoms with Crippen molar-refractivity contribution >= 4 is 21.9 Å². The van der Waals surface area contributed by atoms with Crippen LogP contribution in [-0.4, -0.2) is 57.8 Å². The van der Waals surface area contributed by atoms with Gasteiger partial charge in [0.15, 0.2) is 4.73 Å². The summed E-state index contributed by atoms with van der Waals surface area (Å²) in [4.78, 5) is 18.0. The number of hydrogen-bond donors (Lipinski definition) is 2. The molecular formula is C39H65BrN4O4.